The molecule has 0 aromatic heterocycles. The van der Waals surface area contributed by atoms with E-state index in [2.05, 4.69) is 12.2 Å². The normalized spacial score (nSPS) is 18.2. The lowest BCUT2D eigenvalue weighted by Gasteiger charge is -2.29. The van der Waals surface area contributed by atoms with Crippen molar-refractivity contribution in [2.45, 2.75) is 37.5 Å². The highest BCUT2D eigenvalue weighted by Crippen LogP contribution is 2.25. The number of anilines is 2. The zero-order valence-corrected chi connectivity index (χ0v) is 19.6. The first kappa shape index (κ1) is 23.2. The molecular formula is C25H29N3O4S. The number of carbonyl (C=O) groups is 2. The van der Waals surface area contributed by atoms with Crippen LogP contribution in [-0.2, 0) is 19.6 Å². The third kappa shape index (κ3) is 5.51. The molecule has 1 N–H and O–H groups in total. The van der Waals surface area contributed by atoms with Crippen LogP contribution in [0.4, 0.5) is 11.4 Å². The van der Waals surface area contributed by atoms with Gasteiger partial charge in [0.05, 0.1) is 4.90 Å². The molecule has 0 radical (unpaired) electrons. The highest BCUT2D eigenvalue weighted by atomic mass is 32.2. The van der Waals surface area contributed by atoms with Gasteiger partial charge in [0.25, 0.3) is 0 Å². The molecule has 2 aromatic carbocycles. The molecule has 2 aliphatic heterocycles. The van der Waals surface area contributed by atoms with Gasteiger partial charge in [0.1, 0.15) is 0 Å². The van der Waals surface area contributed by atoms with E-state index in [1.165, 1.54) is 22.5 Å². The molecule has 8 heteroatoms. The topological polar surface area (TPSA) is 86.8 Å². The summed E-state index contributed by atoms with van der Waals surface area (Å²) in [7, 11) is -3.51. The fraction of sp³-hybridized carbons (Fsp3) is 0.360. The number of hydrogen-bond acceptors (Lipinski definition) is 4. The summed E-state index contributed by atoms with van der Waals surface area (Å²) < 4.78 is 27.2. The molecule has 2 amide bonds. The minimum Gasteiger partial charge on any atom is -0.323 e. The van der Waals surface area contributed by atoms with Gasteiger partial charge < -0.3 is 10.2 Å². The van der Waals surface area contributed by atoms with Crippen molar-refractivity contribution >= 4 is 39.3 Å². The van der Waals surface area contributed by atoms with Gasteiger partial charge in [-0.15, -0.1) is 0 Å². The third-order valence-corrected chi connectivity index (χ3v) is 8.12. The van der Waals surface area contributed by atoms with Gasteiger partial charge in [-0.2, -0.15) is 4.31 Å². The molecule has 0 atom stereocenters. The van der Waals surface area contributed by atoms with Crippen LogP contribution in [0.1, 0.15) is 38.2 Å². The Morgan fingerprint density at radius 3 is 2.27 bits per heavy atom. The van der Waals surface area contributed by atoms with Gasteiger partial charge in [-0.3, -0.25) is 9.59 Å². The van der Waals surface area contributed by atoms with Crippen LogP contribution < -0.4 is 10.2 Å². The average molecular weight is 468 g/mol. The number of carbonyl (C=O) groups excluding carboxylic acids is 2. The standard InChI is InChI=1S/C25H29N3O4S/c1-19-14-17-27(18-15-19)33(31,32)23-11-7-21(8-12-23)26-24(29)13-6-20-4-9-22(10-5-20)28-16-2-3-25(28)30/h4-13,19H,2-3,14-18H2,1H3,(H,26,29)/b13-6+. The van der Waals surface area contributed by atoms with Gasteiger partial charge >= 0.3 is 0 Å². The zero-order valence-electron chi connectivity index (χ0n) is 18.7. The van der Waals surface area contributed by atoms with E-state index in [0.29, 0.717) is 31.1 Å². The molecular weight excluding hydrogens is 438 g/mol. The Kier molecular flexibility index (Phi) is 6.95. The number of nitrogens with one attached hydrogen (secondary N) is 1. The maximum Gasteiger partial charge on any atom is 0.248 e. The Labute approximate surface area is 195 Å². The van der Waals surface area contributed by atoms with Crippen LogP contribution in [0.15, 0.2) is 59.5 Å². The minimum absolute atomic E-state index is 0.141. The maximum atomic E-state index is 12.8. The molecule has 2 aromatic rings. The Bertz CT molecular complexity index is 1130. The first-order valence-corrected chi connectivity index (χ1v) is 12.8. The summed E-state index contributed by atoms with van der Waals surface area (Å²) in [6.45, 7) is 3.97. The lowest BCUT2D eigenvalue weighted by Crippen LogP contribution is -2.37. The quantitative estimate of drug-likeness (QED) is 0.653. The van der Waals surface area contributed by atoms with E-state index in [1.54, 1.807) is 23.1 Å². The summed E-state index contributed by atoms with van der Waals surface area (Å²) in [6.07, 6.45) is 6.34. The molecule has 174 valence electrons. The largest absolute Gasteiger partial charge is 0.323 e. The van der Waals surface area contributed by atoms with Crippen molar-refractivity contribution in [1.82, 2.24) is 4.31 Å². The number of amides is 2. The van der Waals surface area contributed by atoms with Crippen LogP contribution in [0.3, 0.4) is 0 Å². The number of benzene rings is 2. The highest BCUT2D eigenvalue weighted by molar-refractivity contribution is 7.89. The fourth-order valence-corrected chi connectivity index (χ4v) is 5.60. The second-order valence-corrected chi connectivity index (χ2v) is 10.6. The lowest BCUT2D eigenvalue weighted by molar-refractivity contribution is -0.117. The zero-order chi connectivity index (χ0) is 23.4. The summed E-state index contributed by atoms with van der Waals surface area (Å²) in [5, 5.41) is 2.75. The van der Waals surface area contributed by atoms with Crippen molar-refractivity contribution in [3.8, 4) is 0 Å². The van der Waals surface area contributed by atoms with Crippen molar-refractivity contribution in [3.63, 3.8) is 0 Å². The van der Waals surface area contributed by atoms with E-state index in [4.69, 9.17) is 0 Å². The van der Waals surface area contributed by atoms with Gasteiger partial charge in [-0.05, 0) is 73.2 Å². The molecule has 0 spiro atoms. The van der Waals surface area contributed by atoms with E-state index in [0.717, 1.165) is 37.1 Å². The van der Waals surface area contributed by atoms with Gasteiger partial charge in [0, 0.05) is 43.5 Å². The second-order valence-electron chi connectivity index (χ2n) is 8.67. The van der Waals surface area contributed by atoms with Gasteiger partial charge in [0.15, 0.2) is 0 Å². The van der Waals surface area contributed by atoms with E-state index >= 15 is 0 Å². The summed E-state index contributed by atoms with van der Waals surface area (Å²) in [4.78, 5) is 26.1. The SMILES string of the molecule is CC1CCN(S(=O)(=O)c2ccc(NC(=O)/C=C/c3ccc(N4CCCC4=O)cc3)cc2)CC1. The Morgan fingerprint density at radius 2 is 1.67 bits per heavy atom. The number of rotatable bonds is 6. The smallest absolute Gasteiger partial charge is 0.248 e. The molecule has 0 saturated carbocycles. The number of nitrogens with zero attached hydrogens (tertiary/aromatic N) is 2. The summed E-state index contributed by atoms with van der Waals surface area (Å²) >= 11 is 0. The minimum atomic E-state index is -3.51. The van der Waals surface area contributed by atoms with Crippen LogP contribution in [0, 0.1) is 5.92 Å². The summed E-state index contributed by atoms with van der Waals surface area (Å²) in [6, 6.07) is 13.8. The Hall–Kier alpha value is -2.97. The monoisotopic (exact) mass is 467 g/mol. The second kappa shape index (κ2) is 9.89. The molecule has 4 rings (SSSR count). The molecule has 2 fully saturated rings. The highest BCUT2D eigenvalue weighted by Gasteiger charge is 2.28. The first-order chi connectivity index (χ1) is 15.8. The summed E-state index contributed by atoms with van der Waals surface area (Å²) in [5.74, 6) is 0.380. The van der Waals surface area contributed by atoms with Crippen LogP contribution >= 0.6 is 0 Å². The van der Waals surface area contributed by atoms with E-state index < -0.39 is 10.0 Å². The molecule has 2 aliphatic rings. The van der Waals surface area contributed by atoms with Crippen LogP contribution in [0.5, 0.6) is 0 Å². The van der Waals surface area contributed by atoms with Crippen molar-refractivity contribution in [2.75, 3.05) is 29.9 Å². The number of sulfonamides is 1. The van der Waals surface area contributed by atoms with Crippen LogP contribution in [0.2, 0.25) is 0 Å². The predicted molar refractivity (Wildman–Crippen MR) is 129 cm³/mol. The van der Waals surface area contributed by atoms with Crippen LogP contribution in [-0.4, -0.2) is 44.2 Å². The van der Waals surface area contributed by atoms with Crippen molar-refractivity contribution in [3.05, 3.63) is 60.2 Å². The molecule has 0 unspecified atom stereocenters. The first-order valence-electron chi connectivity index (χ1n) is 11.3. The lowest BCUT2D eigenvalue weighted by atomic mass is 10.0. The van der Waals surface area contributed by atoms with E-state index in [-0.39, 0.29) is 16.7 Å². The van der Waals surface area contributed by atoms with E-state index in [1.807, 2.05) is 24.3 Å². The molecule has 0 aliphatic carbocycles. The molecule has 33 heavy (non-hydrogen) atoms. The van der Waals surface area contributed by atoms with Gasteiger partial charge in [-0.25, -0.2) is 8.42 Å². The predicted octanol–water partition coefficient (Wildman–Crippen LogP) is 3.89. The van der Waals surface area contributed by atoms with Crippen LogP contribution in [0.25, 0.3) is 6.08 Å². The molecule has 7 nitrogen and oxygen atoms in total. The Morgan fingerprint density at radius 1 is 1.00 bits per heavy atom. The van der Waals surface area contributed by atoms with Gasteiger partial charge in [-0.1, -0.05) is 19.1 Å². The van der Waals surface area contributed by atoms with Gasteiger partial charge in [0.2, 0.25) is 21.8 Å². The maximum absolute atomic E-state index is 12.8. The average Bonchev–Trinajstić information content (AvgIpc) is 3.24. The van der Waals surface area contributed by atoms with Crippen molar-refractivity contribution in [2.24, 2.45) is 5.92 Å². The fourth-order valence-electron chi connectivity index (χ4n) is 4.13. The van der Waals surface area contributed by atoms with E-state index in [9.17, 15) is 18.0 Å². The summed E-state index contributed by atoms with van der Waals surface area (Å²) in [5.41, 5.74) is 2.24. The molecule has 2 saturated heterocycles. The third-order valence-electron chi connectivity index (χ3n) is 6.21. The molecule has 2 heterocycles. The number of piperidine rings is 1. The number of hydrogen-bond donors (Lipinski definition) is 1. The van der Waals surface area contributed by atoms with Crippen molar-refractivity contribution < 1.29 is 18.0 Å². The molecule has 0 bridgehead atoms. The van der Waals surface area contributed by atoms with Crippen molar-refractivity contribution in [1.29, 1.82) is 0 Å². The Balaban J connectivity index is 1.34.